The molecule has 0 radical (unpaired) electrons. The normalized spacial score (nSPS) is 17.6. The van der Waals surface area contributed by atoms with Crippen LogP contribution in [0.1, 0.15) is 37.3 Å². The molecule has 0 aliphatic carbocycles. The van der Waals surface area contributed by atoms with Crippen LogP contribution in [-0.2, 0) is 13.1 Å². The van der Waals surface area contributed by atoms with Gasteiger partial charge >= 0.3 is 5.69 Å². The minimum atomic E-state index is -0.201. The van der Waals surface area contributed by atoms with Crippen LogP contribution in [0.25, 0.3) is 16.5 Å². The highest BCUT2D eigenvalue weighted by atomic mass is 16.1. The summed E-state index contributed by atoms with van der Waals surface area (Å²) in [7, 11) is 0. The lowest BCUT2D eigenvalue weighted by Crippen LogP contribution is -2.35. The largest absolute Gasteiger partial charge is 0.348 e. The molecule has 1 fully saturated rings. The minimum absolute atomic E-state index is 0.201. The van der Waals surface area contributed by atoms with Crippen LogP contribution in [0.4, 0.5) is 0 Å². The first-order valence-corrected chi connectivity index (χ1v) is 10.5. The van der Waals surface area contributed by atoms with Gasteiger partial charge in [0.25, 0.3) is 0 Å². The Morgan fingerprint density at radius 1 is 1.23 bits per heavy atom. The van der Waals surface area contributed by atoms with Gasteiger partial charge in [-0.15, -0.1) is 5.10 Å². The topological polar surface area (TPSA) is 84.6 Å². The van der Waals surface area contributed by atoms with Gasteiger partial charge in [0.1, 0.15) is 11.6 Å². The molecule has 0 amide bonds. The van der Waals surface area contributed by atoms with Gasteiger partial charge in [-0.25, -0.2) is 9.78 Å². The average Bonchev–Trinajstić information content (AvgIpc) is 3.39. The molecule has 1 aliphatic rings. The van der Waals surface area contributed by atoms with Crippen LogP contribution in [0.15, 0.2) is 53.8 Å². The summed E-state index contributed by atoms with van der Waals surface area (Å²) in [6, 6.07) is 7.76. The summed E-state index contributed by atoms with van der Waals surface area (Å²) in [5.41, 5.74) is 0.577. The van der Waals surface area contributed by atoms with Gasteiger partial charge < -0.3 is 4.57 Å². The highest BCUT2D eigenvalue weighted by molar-refractivity contribution is 5.89. The van der Waals surface area contributed by atoms with E-state index in [4.69, 9.17) is 5.10 Å². The molecule has 1 atom stereocenters. The number of H-pyrrole nitrogens is 1. The monoisotopic (exact) mass is 403 g/mol. The molecule has 4 aromatic rings. The summed E-state index contributed by atoms with van der Waals surface area (Å²) in [6.45, 7) is 5.77. The number of likely N-dealkylation sites (tertiary alicyclic amines) is 1. The van der Waals surface area contributed by atoms with Gasteiger partial charge in [-0.1, -0.05) is 12.1 Å². The van der Waals surface area contributed by atoms with E-state index in [-0.39, 0.29) is 11.6 Å². The van der Waals surface area contributed by atoms with Crippen molar-refractivity contribution in [1.82, 2.24) is 34.2 Å². The Labute approximate surface area is 174 Å². The maximum atomic E-state index is 12.8. The molecule has 0 bridgehead atoms. The molecule has 1 N–H and O–H groups in total. The van der Waals surface area contributed by atoms with Gasteiger partial charge in [0.2, 0.25) is 0 Å². The van der Waals surface area contributed by atoms with Gasteiger partial charge in [0, 0.05) is 54.6 Å². The lowest BCUT2D eigenvalue weighted by molar-refractivity contribution is 0.190. The van der Waals surface area contributed by atoms with Gasteiger partial charge in [0.15, 0.2) is 0 Å². The Bertz CT molecular complexity index is 1220. The third-order valence-corrected chi connectivity index (χ3v) is 5.92. The Morgan fingerprint density at radius 2 is 2.17 bits per heavy atom. The van der Waals surface area contributed by atoms with Gasteiger partial charge in [-0.05, 0) is 38.4 Å². The highest BCUT2D eigenvalue weighted by Gasteiger charge is 2.26. The predicted octanol–water partition coefficient (Wildman–Crippen LogP) is 2.70. The predicted molar refractivity (Wildman–Crippen MR) is 115 cm³/mol. The number of nitrogens with one attached hydrogen (secondary N) is 1. The fraction of sp³-hybridized carbons (Fsp3) is 0.364. The summed E-state index contributed by atoms with van der Waals surface area (Å²) in [5, 5.41) is 6.65. The van der Waals surface area contributed by atoms with Crippen LogP contribution in [0.2, 0.25) is 0 Å². The molecule has 30 heavy (non-hydrogen) atoms. The number of benzene rings is 1. The minimum Gasteiger partial charge on any atom is -0.334 e. The second-order valence-corrected chi connectivity index (χ2v) is 7.80. The van der Waals surface area contributed by atoms with Crippen LogP contribution < -0.4 is 5.69 Å². The number of aryl methyl sites for hydroxylation is 1. The maximum Gasteiger partial charge on any atom is 0.348 e. The van der Waals surface area contributed by atoms with E-state index < -0.39 is 0 Å². The zero-order valence-corrected chi connectivity index (χ0v) is 17.0. The molecule has 8 nitrogen and oxygen atoms in total. The van der Waals surface area contributed by atoms with E-state index in [2.05, 4.69) is 31.3 Å². The first-order chi connectivity index (χ1) is 14.7. The first-order valence-electron chi connectivity index (χ1n) is 10.5. The molecule has 8 heteroatoms. The van der Waals surface area contributed by atoms with E-state index in [0.717, 1.165) is 67.1 Å². The number of piperidine rings is 1. The number of aromatic amines is 1. The smallest absolute Gasteiger partial charge is 0.334 e. The highest BCUT2D eigenvalue weighted by Crippen LogP contribution is 2.26. The third-order valence-electron chi connectivity index (χ3n) is 5.92. The van der Waals surface area contributed by atoms with E-state index in [1.807, 2.05) is 36.7 Å². The second-order valence-electron chi connectivity index (χ2n) is 7.80. The van der Waals surface area contributed by atoms with Crippen molar-refractivity contribution in [3.05, 3.63) is 71.2 Å². The van der Waals surface area contributed by atoms with Crippen molar-refractivity contribution in [2.45, 2.75) is 38.8 Å². The molecular weight excluding hydrogens is 378 g/mol. The van der Waals surface area contributed by atoms with Crippen molar-refractivity contribution in [1.29, 1.82) is 0 Å². The fourth-order valence-corrected chi connectivity index (χ4v) is 4.38. The number of nitrogens with zero attached hydrogens (tertiary/aromatic N) is 6. The lowest BCUT2D eigenvalue weighted by atomic mass is 9.97. The Hall–Kier alpha value is -3.26. The van der Waals surface area contributed by atoms with Crippen molar-refractivity contribution in [3.63, 3.8) is 0 Å². The summed E-state index contributed by atoms with van der Waals surface area (Å²) >= 11 is 0. The van der Waals surface area contributed by atoms with Crippen molar-refractivity contribution in [2.24, 2.45) is 0 Å². The van der Waals surface area contributed by atoms with Gasteiger partial charge in [0.05, 0.1) is 12.2 Å². The molecule has 1 aromatic carbocycles. The summed E-state index contributed by atoms with van der Waals surface area (Å²) < 4.78 is 3.66. The zero-order valence-electron chi connectivity index (χ0n) is 17.0. The molecule has 1 saturated heterocycles. The van der Waals surface area contributed by atoms with E-state index >= 15 is 0 Å². The molecule has 3 aromatic heterocycles. The summed E-state index contributed by atoms with van der Waals surface area (Å²) in [4.78, 5) is 26.8. The SMILES string of the molecule is CCn1ccnc1CN1CCCC(c2nn(-c3cccc4cnccc34)c(=O)[nH]2)C1. The van der Waals surface area contributed by atoms with E-state index in [1.54, 1.807) is 12.4 Å². The van der Waals surface area contributed by atoms with Crippen LogP contribution >= 0.6 is 0 Å². The average molecular weight is 403 g/mol. The molecule has 0 spiro atoms. The van der Waals surface area contributed by atoms with Crippen molar-refractivity contribution < 1.29 is 0 Å². The Morgan fingerprint density at radius 3 is 3.07 bits per heavy atom. The lowest BCUT2D eigenvalue weighted by Gasteiger charge is -2.31. The standard InChI is InChI=1S/C22H25N7O/c1-2-28-12-10-24-20(28)15-27-11-4-6-17(14-27)21-25-22(30)29(26-21)19-7-3-5-16-13-23-9-8-18(16)19/h3,5,7-10,12-13,17H,2,4,6,11,14-15H2,1H3,(H,25,26,30). The summed E-state index contributed by atoms with van der Waals surface area (Å²) in [5.74, 6) is 2.05. The number of hydrogen-bond donors (Lipinski definition) is 1. The first kappa shape index (κ1) is 18.7. The molecule has 5 rings (SSSR count). The second kappa shape index (κ2) is 7.87. The number of imidazole rings is 1. The van der Waals surface area contributed by atoms with Crippen LogP contribution in [0.5, 0.6) is 0 Å². The van der Waals surface area contributed by atoms with Crippen LogP contribution in [0.3, 0.4) is 0 Å². The third kappa shape index (κ3) is 3.43. The Balaban J connectivity index is 1.41. The number of fused-ring (bicyclic) bond motifs is 1. The maximum absolute atomic E-state index is 12.8. The van der Waals surface area contributed by atoms with E-state index in [9.17, 15) is 4.79 Å². The number of pyridine rings is 1. The fourth-order valence-electron chi connectivity index (χ4n) is 4.38. The van der Waals surface area contributed by atoms with Crippen LogP contribution in [-0.4, -0.2) is 47.3 Å². The molecule has 0 saturated carbocycles. The van der Waals surface area contributed by atoms with Crippen LogP contribution in [0, 0.1) is 0 Å². The van der Waals surface area contributed by atoms with Crippen molar-refractivity contribution in [3.8, 4) is 5.69 Å². The molecule has 4 heterocycles. The van der Waals surface area contributed by atoms with Crippen molar-refractivity contribution in [2.75, 3.05) is 13.1 Å². The molecule has 1 aliphatic heterocycles. The van der Waals surface area contributed by atoms with Crippen molar-refractivity contribution >= 4 is 10.8 Å². The molecular formula is C22H25N7O. The summed E-state index contributed by atoms with van der Waals surface area (Å²) in [6.07, 6.45) is 9.52. The molecule has 1 unspecified atom stereocenters. The zero-order chi connectivity index (χ0) is 20.5. The number of rotatable bonds is 5. The number of aromatic nitrogens is 6. The molecule has 154 valence electrons. The van der Waals surface area contributed by atoms with Gasteiger partial charge in [-0.2, -0.15) is 4.68 Å². The van der Waals surface area contributed by atoms with E-state index in [0.29, 0.717) is 0 Å². The number of hydrogen-bond acceptors (Lipinski definition) is 5. The quantitative estimate of drug-likeness (QED) is 0.554. The van der Waals surface area contributed by atoms with Gasteiger partial charge in [-0.3, -0.25) is 14.9 Å². The van der Waals surface area contributed by atoms with E-state index in [1.165, 1.54) is 4.68 Å². The Kier molecular flexibility index (Phi) is 4.92.